The van der Waals surface area contributed by atoms with Crippen LogP contribution in [0, 0.1) is 5.92 Å². The maximum Gasteiger partial charge on any atom is 0.408 e. The van der Waals surface area contributed by atoms with Crippen LogP contribution in [0.2, 0.25) is 0 Å². The average Bonchev–Trinajstić information content (AvgIpc) is 2.76. The lowest BCUT2D eigenvalue weighted by molar-refractivity contribution is -0.142. The van der Waals surface area contributed by atoms with E-state index in [1.807, 2.05) is 60.7 Å². The third-order valence-electron chi connectivity index (χ3n) is 4.85. The van der Waals surface area contributed by atoms with Gasteiger partial charge in [0.2, 0.25) is 5.91 Å². The lowest BCUT2D eigenvalue weighted by Crippen LogP contribution is -2.53. The Morgan fingerprint density at radius 2 is 1.48 bits per heavy atom. The van der Waals surface area contributed by atoms with Gasteiger partial charge < -0.3 is 20.5 Å². The van der Waals surface area contributed by atoms with E-state index in [0.717, 1.165) is 17.5 Å². The van der Waals surface area contributed by atoms with Crippen LogP contribution in [0.3, 0.4) is 0 Å². The van der Waals surface area contributed by atoms with Crippen LogP contribution in [0.25, 0.3) is 0 Å². The highest BCUT2D eigenvalue weighted by Gasteiger charge is 2.28. The van der Waals surface area contributed by atoms with E-state index in [1.54, 1.807) is 13.8 Å². The molecule has 2 aromatic rings. The van der Waals surface area contributed by atoms with Gasteiger partial charge in [-0.2, -0.15) is 0 Å². The number of rotatable bonds is 11. The van der Waals surface area contributed by atoms with Gasteiger partial charge in [0.05, 0.1) is 0 Å². The van der Waals surface area contributed by atoms with Gasteiger partial charge in [-0.3, -0.25) is 4.79 Å². The van der Waals surface area contributed by atoms with Crippen molar-refractivity contribution in [1.29, 1.82) is 0 Å². The molecule has 0 heterocycles. The first-order valence-electron chi connectivity index (χ1n) is 10.4. The molecule has 166 valence electrons. The number of carbonyl (C=O) groups is 3. The number of amides is 2. The minimum Gasteiger partial charge on any atom is -0.480 e. The van der Waals surface area contributed by atoms with Gasteiger partial charge in [-0.25, -0.2) is 9.59 Å². The molecule has 0 saturated carbocycles. The molecule has 0 aliphatic carbocycles. The Kier molecular flexibility index (Phi) is 9.55. The van der Waals surface area contributed by atoms with Gasteiger partial charge in [0.1, 0.15) is 18.7 Å². The number of carbonyl (C=O) groups excluding carboxylic acids is 2. The average molecular weight is 427 g/mol. The number of ether oxygens (including phenoxy) is 1. The van der Waals surface area contributed by atoms with Crippen molar-refractivity contribution >= 4 is 18.0 Å². The molecule has 0 radical (unpaired) electrons. The Morgan fingerprint density at radius 1 is 0.903 bits per heavy atom. The van der Waals surface area contributed by atoms with Crippen LogP contribution in [0.15, 0.2) is 60.7 Å². The summed E-state index contributed by atoms with van der Waals surface area (Å²) in [7, 11) is 0. The van der Waals surface area contributed by atoms with Crippen molar-refractivity contribution in [2.24, 2.45) is 5.92 Å². The van der Waals surface area contributed by atoms with Gasteiger partial charge in [-0.05, 0) is 36.3 Å². The van der Waals surface area contributed by atoms with Crippen LogP contribution in [0.4, 0.5) is 4.79 Å². The quantitative estimate of drug-likeness (QED) is 0.510. The van der Waals surface area contributed by atoms with Crippen molar-refractivity contribution in [3.8, 4) is 0 Å². The van der Waals surface area contributed by atoms with E-state index in [1.165, 1.54) is 0 Å². The Bertz CT molecular complexity index is 840. The van der Waals surface area contributed by atoms with Crippen molar-refractivity contribution in [1.82, 2.24) is 10.6 Å². The Morgan fingerprint density at radius 3 is 2.03 bits per heavy atom. The van der Waals surface area contributed by atoms with E-state index in [4.69, 9.17) is 4.74 Å². The molecule has 0 aromatic heterocycles. The molecule has 0 bridgehead atoms. The second-order valence-electron chi connectivity index (χ2n) is 7.70. The van der Waals surface area contributed by atoms with Crippen LogP contribution in [-0.4, -0.2) is 35.2 Å². The Labute approximate surface area is 182 Å². The number of benzene rings is 2. The first-order chi connectivity index (χ1) is 14.9. The Hall–Kier alpha value is -3.35. The third-order valence-corrected chi connectivity index (χ3v) is 4.85. The van der Waals surface area contributed by atoms with Gasteiger partial charge in [-0.15, -0.1) is 0 Å². The van der Waals surface area contributed by atoms with Gasteiger partial charge in [-0.1, -0.05) is 74.5 Å². The van der Waals surface area contributed by atoms with E-state index >= 15 is 0 Å². The smallest absolute Gasteiger partial charge is 0.408 e. The number of nitrogens with one attached hydrogen (secondary N) is 2. The summed E-state index contributed by atoms with van der Waals surface area (Å²) in [5.74, 6) is -1.89. The lowest BCUT2D eigenvalue weighted by atomic mass is 10.0. The van der Waals surface area contributed by atoms with Crippen LogP contribution in [0.1, 0.15) is 37.8 Å². The molecule has 0 spiro atoms. The van der Waals surface area contributed by atoms with Gasteiger partial charge in [0.15, 0.2) is 0 Å². The van der Waals surface area contributed by atoms with E-state index < -0.39 is 30.1 Å². The summed E-state index contributed by atoms with van der Waals surface area (Å²) in [6.07, 6.45) is 0.894. The normalized spacial score (nSPS) is 12.6. The number of aliphatic carboxylic acids is 1. The molecular formula is C24H30N2O5. The van der Waals surface area contributed by atoms with Crippen LogP contribution < -0.4 is 10.6 Å². The Balaban J connectivity index is 1.87. The SMILES string of the molecule is CC(C)[C@H](NC(=O)OCc1ccccc1)C(=O)N[C@@H](CCCc1ccccc1)C(=O)O. The van der Waals surface area contributed by atoms with Gasteiger partial charge in [0.25, 0.3) is 0 Å². The first kappa shape index (κ1) is 23.9. The molecule has 7 heteroatoms. The number of aryl methyl sites for hydroxylation is 1. The predicted octanol–water partition coefficient (Wildman–Crippen LogP) is 3.53. The third kappa shape index (κ3) is 8.50. The molecule has 0 aliphatic rings. The molecule has 0 fully saturated rings. The monoisotopic (exact) mass is 426 g/mol. The minimum absolute atomic E-state index is 0.0797. The summed E-state index contributed by atoms with van der Waals surface area (Å²) in [6, 6.07) is 17.0. The highest BCUT2D eigenvalue weighted by atomic mass is 16.5. The maximum absolute atomic E-state index is 12.7. The van der Waals surface area contributed by atoms with E-state index in [0.29, 0.717) is 12.8 Å². The second-order valence-corrected chi connectivity index (χ2v) is 7.70. The van der Waals surface area contributed by atoms with Crippen molar-refractivity contribution in [3.05, 3.63) is 71.8 Å². The number of hydrogen-bond donors (Lipinski definition) is 3. The van der Waals surface area contributed by atoms with E-state index in [-0.39, 0.29) is 12.5 Å². The van der Waals surface area contributed by atoms with Crippen molar-refractivity contribution < 1.29 is 24.2 Å². The largest absolute Gasteiger partial charge is 0.480 e. The highest BCUT2D eigenvalue weighted by molar-refractivity contribution is 5.89. The predicted molar refractivity (Wildman–Crippen MR) is 117 cm³/mol. The van der Waals surface area contributed by atoms with Crippen molar-refractivity contribution in [2.75, 3.05) is 0 Å². The van der Waals surface area contributed by atoms with Gasteiger partial charge in [0, 0.05) is 0 Å². The molecule has 2 amide bonds. The fraction of sp³-hybridized carbons (Fsp3) is 0.375. The molecular weight excluding hydrogens is 396 g/mol. The second kappa shape index (κ2) is 12.4. The van der Waals surface area contributed by atoms with E-state index in [2.05, 4.69) is 10.6 Å². The molecule has 2 atom stereocenters. The fourth-order valence-corrected chi connectivity index (χ4v) is 3.10. The molecule has 2 rings (SSSR count). The van der Waals surface area contributed by atoms with Crippen LogP contribution >= 0.6 is 0 Å². The van der Waals surface area contributed by atoms with Crippen LogP contribution in [-0.2, 0) is 27.4 Å². The topological polar surface area (TPSA) is 105 Å². The zero-order valence-corrected chi connectivity index (χ0v) is 17.9. The number of hydrogen-bond acceptors (Lipinski definition) is 4. The summed E-state index contributed by atoms with van der Waals surface area (Å²) in [5, 5.41) is 14.6. The van der Waals surface area contributed by atoms with Crippen molar-refractivity contribution in [2.45, 2.75) is 51.8 Å². The first-order valence-corrected chi connectivity index (χ1v) is 10.4. The summed E-state index contributed by atoms with van der Waals surface area (Å²) >= 11 is 0. The number of alkyl carbamates (subject to hydrolysis) is 1. The summed E-state index contributed by atoms with van der Waals surface area (Å²) in [6.45, 7) is 3.62. The maximum atomic E-state index is 12.7. The molecule has 31 heavy (non-hydrogen) atoms. The van der Waals surface area contributed by atoms with Gasteiger partial charge >= 0.3 is 12.1 Å². The molecule has 0 saturated heterocycles. The standard InChI is InChI=1S/C24H30N2O5/c1-17(2)21(26-24(30)31-16-19-12-7-4-8-13-19)22(27)25-20(23(28)29)15-9-14-18-10-5-3-6-11-18/h3-8,10-13,17,20-21H,9,14-16H2,1-2H3,(H,25,27)(H,26,30)(H,28,29)/t20-,21-/m0/s1. The summed E-state index contributed by atoms with van der Waals surface area (Å²) in [4.78, 5) is 36.5. The molecule has 0 unspecified atom stereocenters. The molecule has 3 N–H and O–H groups in total. The number of carboxylic acids is 1. The lowest BCUT2D eigenvalue weighted by Gasteiger charge is -2.23. The van der Waals surface area contributed by atoms with E-state index in [9.17, 15) is 19.5 Å². The fourth-order valence-electron chi connectivity index (χ4n) is 3.10. The van der Waals surface area contributed by atoms with Crippen molar-refractivity contribution in [3.63, 3.8) is 0 Å². The minimum atomic E-state index is -1.10. The zero-order chi connectivity index (χ0) is 22.6. The summed E-state index contributed by atoms with van der Waals surface area (Å²) < 4.78 is 5.18. The highest BCUT2D eigenvalue weighted by Crippen LogP contribution is 2.09. The van der Waals surface area contributed by atoms with Crippen LogP contribution in [0.5, 0.6) is 0 Å². The zero-order valence-electron chi connectivity index (χ0n) is 17.9. The number of carboxylic acid groups (broad SMARTS) is 1. The molecule has 0 aliphatic heterocycles. The molecule has 7 nitrogen and oxygen atoms in total. The summed E-state index contributed by atoms with van der Waals surface area (Å²) in [5.41, 5.74) is 1.94. The molecule has 2 aromatic carbocycles.